The van der Waals surface area contributed by atoms with Crippen LogP contribution in [0.4, 0.5) is 5.69 Å². The number of carbonyl (C=O) groups is 2. The van der Waals surface area contributed by atoms with E-state index in [1.807, 2.05) is 0 Å². The van der Waals surface area contributed by atoms with Crippen LogP contribution < -0.4 is 10.1 Å². The van der Waals surface area contributed by atoms with Crippen molar-refractivity contribution in [1.29, 1.82) is 0 Å². The van der Waals surface area contributed by atoms with E-state index in [1.165, 1.54) is 23.5 Å². The minimum absolute atomic E-state index is 0.1000. The highest BCUT2D eigenvalue weighted by molar-refractivity contribution is 7.89. The molecular weight excluding hydrogens is 488 g/mol. The van der Waals surface area contributed by atoms with Crippen LogP contribution in [0.1, 0.15) is 34.3 Å². The Kier molecular flexibility index (Phi) is 7.25. The number of aryl methyl sites for hydroxylation is 1. The quantitative estimate of drug-likeness (QED) is 0.464. The Morgan fingerprint density at radius 1 is 1.06 bits per heavy atom. The Morgan fingerprint density at radius 2 is 1.80 bits per heavy atom. The van der Waals surface area contributed by atoms with Gasteiger partial charge in [0.05, 0.1) is 17.7 Å². The predicted molar refractivity (Wildman–Crippen MR) is 135 cm³/mol. The van der Waals surface area contributed by atoms with Gasteiger partial charge in [-0.2, -0.15) is 4.31 Å². The van der Waals surface area contributed by atoms with Gasteiger partial charge in [0.15, 0.2) is 5.78 Å². The highest BCUT2D eigenvalue weighted by Crippen LogP contribution is 2.31. The summed E-state index contributed by atoms with van der Waals surface area (Å²) >= 11 is 6.14. The molecule has 1 atom stereocenters. The third-order valence-electron chi connectivity index (χ3n) is 6.01. The molecule has 0 saturated carbocycles. The SMILES string of the molecule is COc1ccc(C)c(S(=O)(=O)N2CCCC2C(=O)Nc2ccc(Cl)cc2C(=O)c2ccccc2)c1. The summed E-state index contributed by atoms with van der Waals surface area (Å²) in [6.45, 7) is 1.92. The lowest BCUT2D eigenvalue weighted by atomic mass is 10.0. The van der Waals surface area contributed by atoms with Crippen molar-refractivity contribution in [2.45, 2.75) is 30.7 Å². The Morgan fingerprint density at radius 3 is 2.51 bits per heavy atom. The van der Waals surface area contributed by atoms with Crippen LogP contribution in [0.5, 0.6) is 5.75 Å². The van der Waals surface area contributed by atoms with E-state index in [0.717, 1.165) is 0 Å². The van der Waals surface area contributed by atoms with Gasteiger partial charge in [0, 0.05) is 28.8 Å². The Balaban J connectivity index is 1.63. The van der Waals surface area contributed by atoms with Gasteiger partial charge in [-0.05, 0) is 49.6 Å². The molecule has 1 saturated heterocycles. The van der Waals surface area contributed by atoms with Crippen molar-refractivity contribution in [2.24, 2.45) is 0 Å². The minimum atomic E-state index is -3.96. The highest BCUT2D eigenvalue weighted by Gasteiger charge is 2.40. The van der Waals surface area contributed by atoms with Crippen molar-refractivity contribution in [1.82, 2.24) is 4.31 Å². The molecule has 1 aliphatic heterocycles. The van der Waals surface area contributed by atoms with E-state index in [0.29, 0.717) is 34.7 Å². The average Bonchev–Trinajstić information content (AvgIpc) is 3.37. The van der Waals surface area contributed by atoms with Crippen molar-refractivity contribution in [3.05, 3.63) is 88.4 Å². The molecule has 1 N–H and O–H groups in total. The van der Waals surface area contributed by atoms with Crippen LogP contribution in [-0.2, 0) is 14.8 Å². The van der Waals surface area contributed by atoms with Gasteiger partial charge in [0.25, 0.3) is 0 Å². The summed E-state index contributed by atoms with van der Waals surface area (Å²) in [5.74, 6) is -0.387. The molecule has 9 heteroatoms. The molecule has 3 aromatic rings. The summed E-state index contributed by atoms with van der Waals surface area (Å²) in [6.07, 6.45) is 0.903. The zero-order chi connectivity index (χ0) is 25.2. The van der Waals surface area contributed by atoms with Gasteiger partial charge in [0.2, 0.25) is 15.9 Å². The lowest BCUT2D eigenvalue weighted by molar-refractivity contribution is -0.119. The molecule has 1 unspecified atom stereocenters. The number of ketones is 1. The molecule has 1 heterocycles. The topological polar surface area (TPSA) is 92.8 Å². The number of methoxy groups -OCH3 is 1. The first-order chi connectivity index (χ1) is 16.7. The van der Waals surface area contributed by atoms with E-state index in [4.69, 9.17) is 16.3 Å². The molecule has 0 aromatic heterocycles. The van der Waals surface area contributed by atoms with Crippen molar-refractivity contribution in [3.8, 4) is 5.75 Å². The number of sulfonamides is 1. The second kappa shape index (κ2) is 10.2. The standard InChI is InChI=1S/C26H25ClN2O5S/c1-17-10-12-20(34-2)16-24(17)35(32,33)29-14-6-9-23(29)26(31)28-22-13-11-19(27)15-21(22)25(30)18-7-4-3-5-8-18/h3-5,7-8,10-13,15-16,23H,6,9,14H2,1-2H3,(H,28,31). The van der Waals surface area contributed by atoms with Gasteiger partial charge in [-0.25, -0.2) is 8.42 Å². The Bertz CT molecular complexity index is 1380. The fourth-order valence-corrected chi connectivity index (χ4v) is 6.25. The lowest BCUT2D eigenvalue weighted by Crippen LogP contribution is -2.43. The molecule has 0 bridgehead atoms. The number of nitrogens with zero attached hydrogens (tertiary/aromatic N) is 1. The summed E-state index contributed by atoms with van der Waals surface area (Å²) in [7, 11) is -2.49. The maximum absolute atomic E-state index is 13.5. The van der Waals surface area contributed by atoms with Crippen LogP contribution in [0.25, 0.3) is 0 Å². The average molecular weight is 513 g/mol. The van der Waals surface area contributed by atoms with Crippen LogP contribution in [0, 0.1) is 6.92 Å². The third-order valence-corrected chi connectivity index (χ3v) is 8.29. The Hall–Kier alpha value is -3.20. The summed E-state index contributed by atoms with van der Waals surface area (Å²) in [6, 6.07) is 17.2. The molecule has 3 aromatic carbocycles. The van der Waals surface area contributed by atoms with E-state index < -0.39 is 22.0 Å². The number of hydrogen-bond donors (Lipinski definition) is 1. The monoisotopic (exact) mass is 512 g/mol. The van der Waals surface area contributed by atoms with Crippen LogP contribution >= 0.6 is 11.6 Å². The smallest absolute Gasteiger partial charge is 0.244 e. The van der Waals surface area contributed by atoms with E-state index >= 15 is 0 Å². The van der Waals surface area contributed by atoms with Crippen LogP contribution in [0.15, 0.2) is 71.6 Å². The molecule has 182 valence electrons. The molecule has 1 amide bonds. The number of amides is 1. The fraction of sp³-hybridized carbons (Fsp3) is 0.231. The second-order valence-corrected chi connectivity index (χ2v) is 10.6. The molecule has 35 heavy (non-hydrogen) atoms. The summed E-state index contributed by atoms with van der Waals surface area (Å²) < 4.78 is 33.4. The number of nitrogens with one attached hydrogen (secondary N) is 1. The first-order valence-corrected chi connectivity index (χ1v) is 12.9. The zero-order valence-corrected chi connectivity index (χ0v) is 20.9. The van der Waals surface area contributed by atoms with Gasteiger partial charge in [-0.3, -0.25) is 9.59 Å². The second-order valence-electron chi connectivity index (χ2n) is 8.28. The number of ether oxygens (including phenoxy) is 1. The van der Waals surface area contributed by atoms with E-state index in [9.17, 15) is 18.0 Å². The maximum Gasteiger partial charge on any atom is 0.244 e. The van der Waals surface area contributed by atoms with Gasteiger partial charge in [-0.15, -0.1) is 0 Å². The number of rotatable bonds is 7. The zero-order valence-electron chi connectivity index (χ0n) is 19.3. The van der Waals surface area contributed by atoms with E-state index in [2.05, 4.69) is 5.32 Å². The molecule has 0 spiro atoms. The normalized spacial score (nSPS) is 16.1. The minimum Gasteiger partial charge on any atom is -0.497 e. The molecular formula is C26H25ClN2O5S. The number of carbonyl (C=O) groups excluding carboxylic acids is 2. The summed E-state index contributed by atoms with van der Waals surface area (Å²) in [5.41, 5.74) is 1.51. The Labute approximate surface area is 209 Å². The summed E-state index contributed by atoms with van der Waals surface area (Å²) in [4.78, 5) is 26.5. The first kappa shape index (κ1) is 24.9. The van der Waals surface area contributed by atoms with Crippen molar-refractivity contribution >= 4 is 39.0 Å². The van der Waals surface area contributed by atoms with Crippen molar-refractivity contribution in [3.63, 3.8) is 0 Å². The third kappa shape index (κ3) is 5.10. The van der Waals surface area contributed by atoms with E-state index in [-0.39, 0.29) is 28.5 Å². The number of halogens is 1. The van der Waals surface area contributed by atoms with Gasteiger partial charge in [0.1, 0.15) is 11.8 Å². The fourth-order valence-electron chi connectivity index (χ4n) is 4.18. The van der Waals surface area contributed by atoms with Gasteiger partial charge >= 0.3 is 0 Å². The molecule has 7 nitrogen and oxygen atoms in total. The molecule has 1 fully saturated rings. The predicted octanol–water partition coefficient (Wildman–Crippen LogP) is 4.68. The van der Waals surface area contributed by atoms with Crippen LogP contribution in [0.3, 0.4) is 0 Å². The van der Waals surface area contributed by atoms with Gasteiger partial charge < -0.3 is 10.1 Å². The molecule has 0 aliphatic carbocycles. The first-order valence-electron chi connectivity index (χ1n) is 11.1. The lowest BCUT2D eigenvalue weighted by Gasteiger charge is -2.25. The maximum atomic E-state index is 13.5. The number of benzene rings is 3. The summed E-state index contributed by atoms with van der Waals surface area (Å²) in [5, 5.41) is 3.12. The van der Waals surface area contributed by atoms with Crippen molar-refractivity contribution < 1.29 is 22.7 Å². The van der Waals surface area contributed by atoms with Crippen LogP contribution in [-0.4, -0.2) is 44.1 Å². The number of hydrogen-bond acceptors (Lipinski definition) is 5. The highest BCUT2D eigenvalue weighted by atomic mass is 35.5. The molecule has 0 radical (unpaired) electrons. The number of anilines is 1. The molecule has 1 aliphatic rings. The van der Waals surface area contributed by atoms with Gasteiger partial charge in [-0.1, -0.05) is 48.0 Å². The van der Waals surface area contributed by atoms with Crippen LogP contribution in [0.2, 0.25) is 5.02 Å². The van der Waals surface area contributed by atoms with E-state index in [1.54, 1.807) is 61.5 Å². The largest absolute Gasteiger partial charge is 0.497 e. The molecule has 4 rings (SSSR count). The van der Waals surface area contributed by atoms with Crippen molar-refractivity contribution in [2.75, 3.05) is 19.0 Å².